The molecular formula is C20H24N2O6. The maximum atomic E-state index is 12.6. The van der Waals surface area contributed by atoms with Crippen molar-refractivity contribution in [2.75, 3.05) is 13.1 Å². The van der Waals surface area contributed by atoms with E-state index in [4.69, 9.17) is 9.57 Å². The van der Waals surface area contributed by atoms with E-state index in [9.17, 15) is 19.2 Å². The Hall–Kier alpha value is -2.90. The summed E-state index contributed by atoms with van der Waals surface area (Å²) in [6.45, 7) is 6.21. The maximum absolute atomic E-state index is 12.6. The highest BCUT2D eigenvalue weighted by Gasteiger charge is 2.40. The lowest BCUT2D eigenvalue weighted by Crippen LogP contribution is -2.38. The number of hydroxylamine groups is 2. The fourth-order valence-corrected chi connectivity index (χ4v) is 3.26. The molecule has 2 aliphatic rings. The molecule has 0 bridgehead atoms. The molecule has 1 aromatic carbocycles. The molecule has 150 valence electrons. The van der Waals surface area contributed by atoms with E-state index < -0.39 is 35.4 Å². The van der Waals surface area contributed by atoms with Gasteiger partial charge in [0.25, 0.3) is 11.8 Å². The highest BCUT2D eigenvalue weighted by molar-refractivity contribution is 6.20. The second-order valence-corrected chi connectivity index (χ2v) is 7.96. The fourth-order valence-electron chi connectivity index (χ4n) is 3.26. The molecule has 8 heteroatoms. The molecule has 0 saturated carbocycles. The van der Waals surface area contributed by atoms with Crippen LogP contribution in [0.4, 0.5) is 4.79 Å². The Morgan fingerprint density at radius 2 is 1.61 bits per heavy atom. The summed E-state index contributed by atoms with van der Waals surface area (Å²) in [5.41, 5.74) is -0.151. The van der Waals surface area contributed by atoms with E-state index in [-0.39, 0.29) is 11.1 Å². The molecule has 0 spiro atoms. The molecule has 1 atom stereocenters. The number of imide groups is 1. The van der Waals surface area contributed by atoms with Gasteiger partial charge in [0.15, 0.2) is 0 Å². The minimum absolute atomic E-state index is 0.220. The third-order valence-corrected chi connectivity index (χ3v) is 4.65. The first-order valence-corrected chi connectivity index (χ1v) is 9.35. The topological polar surface area (TPSA) is 93.2 Å². The summed E-state index contributed by atoms with van der Waals surface area (Å²) in [7, 11) is 0. The summed E-state index contributed by atoms with van der Waals surface area (Å²) < 4.78 is 5.37. The number of likely N-dealkylation sites (tertiary alicyclic amines) is 1. The molecule has 2 aliphatic heterocycles. The van der Waals surface area contributed by atoms with Gasteiger partial charge in [-0.2, -0.15) is 0 Å². The van der Waals surface area contributed by atoms with Crippen LogP contribution in [-0.4, -0.2) is 52.5 Å². The summed E-state index contributed by atoms with van der Waals surface area (Å²) in [6, 6.07) is 6.33. The maximum Gasteiger partial charge on any atom is 0.410 e. The van der Waals surface area contributed by atoms with Crippen LogP contribution in [0.5, 0.6) is 0 Å². The van der Waals surface area contributed by atoms with Crippen molar-refractivity contribution in [2.45, 2.75) is 45.6 Å². The third kappa shape index (κ3) is 4.16. The van der Waals surface area contributed by atoms with Gasteiger partial charge in [-0.1, -0.05) is 17.2 Å². The lowest BCUT2D eigenvalue weighted by Gasteiger charge is -2.26. The van der Waals surface area contributed by atoms with E-state index in [1.165, 1.54) is 12.1 Å². The van der Waals surface area contributed by atoms with Gasteiger partial charge in [-0.3, -0.25) is 9.59 Å². The first-order valence-electron chi connectivity index (χ1n) is 9.35. The third-order valence-electron chi connectivity index (χ3n) is 4.65. The number of fused-ring (bicyclic) bond motifs is 1. The van der Waals surface area contributed by atoms with Gasteiger partial charge in [-0.15, -0.1) is 0 Å². The largest absolute Gasteiger partial charge is 0.444 e. The van der Waals surface area contributed by atoms with Crippen molar-refractivity contribution in [3.05, 3.63) is 35.4 Å². The van der Waals surface area contributed by atoms with Crippen LogP contribution >= 0.6 is 0 Å². The van der Waals surface area contributed by atoms with E-state index in [0.29, 0.717) is 37.4 Å². The molecule has 1 unspecified atom stereocenters. The smallest absolute Gasteiger partial charge is 0.410 e. The Morgan fingerprint density at radius 3 is 2.18 bits per heavy atom. The summed E-state index contributed by atoms with van der Waals surface area (Å²) >= 11 is 0. The number of carbonyl (C=O) groups excluding carboxylic acids is 4. The Balaban J connectivity index is 1.60. The molecule has 3 rings (SSSR count). The van der Waals surface area contributed by atoms with Crippen LogP contribution in [0, 0.1) is 5.92 Å². The average Bonchev–Trinajstić information content (AvgIpc) is 2.82. The molecule has 0 radical (unpaired) electrons. The van der Waals surface area contributed by atoms with Crippen molar-refractivity contribution in [2.24, 2.45) is 5.92 Å². The number of hydrogen-bond donors (Lipinski definition) is 0. The van der Waals surface area contributed by atoms with Gasteiger partial charge >= 0.3 is 12.1 Å². The minimum atomic E-state index is -0.641. The second-order valence-electron chi connectivity index (χ2n) is 7.96. The fraction of sp³-hybridized carbons (Fsp3) is 0.500. The van der Waals surface area contributed by atoms with E-state index in [1.807, 2.05) is 0 Å². The molecule has 8 nitrogen and oxygen atoms in total. The van der Waals surface area contributed by atoms with Gasteiger partial charge in [-0.05, 0) is 52.2 Å². The Bertz CT molecular complexity index is 778. The van der Waals surface area contributed by atoms with E-state index >= 15 is 0 Å². The van der Waals surface area contributed by atoms with Crippen LogP contribution < -0.4 is 0 Å². The van der Waals surface area contributed by atoms with Crippen molar-refractivity contribution in [1.29, 1.82) is 0 Å². The normalized spacial score (nSPS) is 19.9. The molecule has 1 fully saturated rings. The number of nitrogens with zero attached hydrogens (tertiary/aromatic N) is 2. The van der Waals surface area contributed by atoms with Gasteiger partial charge in [-0.25, -0.2) is 9.59 Å². The zero-order valence-corrected chi connectivity index (χ0v) is 16.3. The van der Waals surface area contributed by atoms with Crippen molar-refractivity contribution in [3.63, 3.8) is 0 Å². The van der Waals surface area contributed by atoms with E-state index in [0.717, 1.165) is 0 Å². The lowest BCUT2D eigenvalue weighted by molar-refractivity contribution is -0.174. The van der Waals surface area contributed by atoms with Gasteiger partial charge in [0.1, 0.15) is 5.60 Å². The second kappa shape index (κ2) is 7.61. The summed E-state index contributed by atoms with van der Waals surface area (Å²) in [4.78, 5) is 56.1. The molecule has 0 N–H and O–H groups in total. The van der Waals surface area contributed by atoms with Crippen LogP contribution in [0.1, 0.15) is 60.7 Å². The molecular weight excluding hydrogens is 364 g/mol. The monoisotopic (exact) mass is 388 g/mol. The molecule has 0 aromatic heterocycles. The van der Waals surface area contributed by atoms with E-state index in [2.05, 4.69) is 0 Å². The van der Waals surface area contributed by atoms with Gasteiger partial charge in [0.2, 0.25) is 0 Å². The molecule has 0 aliphatic carbocycles. The Labute approximate surface area is 163 Å². The van der Waals surface area contributed by atoms with Crippen molar-refractivity contribution in [1.82, 2.24) is 9.96 Å². The summed E-state index contributed by atoms with van der Waals surface area (Å²) in [5.74, 6) is -2.42. The predicted octanol–water partition coefficient (Wildman–Crippen LogP) is 2.78. The molecule has 2 heterocycles. The zero-order valence-electron chi connectivity index (χ0n) is 16.3. The van der Waals surface area contributed by atoms with Crippen molar-refractivity contribution in [3.8, 4) is 0 Å². The lowest BCUT2D eigenvalue weighted by atomic mass is 10.0. The van der Waals surface area contributed by atoms with Crippen LogP contribution in [0.25, 0.3) is 0 Å². The first kappa shape index (κ1) is 19.9. The quantitative estimate of drug-likeness (QED) is 0.723. The highest BCUT2D eigenvalue weighted by Crippen LogP contribution is 2.26. The van der Waals surface area contributed by atoms with Crippen LogP contribution in [0.3, 0.4) is 0 Å². The zero-order chi connectivity index (χ0) is 20.5. The molecule has 3 amide bonds. The summed E-state index contributed by atoms with van der Waals surface area (Å²) in [6.07, 6.45) is 1.06. The average molecular weight is 388 g/mol. The number of ether oxygens (including phenoxy) is 1. The number of carbonyl (C=O) groups is 4. The van der Waals surface area contributed by atoms with Crippen molar-refractivity contribution < 1.29 is 28.8 Å². The number of benzene rings is 1. The number of hydrogen-bond acceptors (Lipinski definition) is 6. The van der Waals surface area contributed by atoms with Crippen LogP contribution in [0.15, 0.2) is 24.3 Å². The number of amides is 3. The minimum Gasteiger partial charge on any atom is -0.444 e. The van der Waals surface area contributed by atoms with Crippen molar-refractivity contribution >= 4 is 23.9 Å². The predicted molar refractivity (Wildman–Crippen MR) is 98.2 cm³/mol. The van der Waals surface area contributed by atoms with Gasteiger partial charge in [0.05, 0.1) is 17.0 Å². The van der Waals surface area contributed by atoms with E-state index in [1.54, 1.807) is 37.8 Å². The number of rotatable bonds is 2. The van der Waals surface area contributed by atoms with Crippen LogP contribution in [-0.2, 0) is 14.4 Å². The van der Waals surface area contributed by atoms with Gasteiger partial charge in [0, 0.05) is 13.1 Å². The Morgan fingerprint density at radius 1 is 1.00 bits per heavy atom. The first-order chi connectivity index (χ1) is 13.2. The molecule has 1 aromatic rings. The Kier molecular flexibility index (Phi) is 5.40. The molecule has 28 heavy (non-hydrogen) atoms. The standard InChI is InChI=1S/C20H24N2O6/c1-20(2,3)27-19(26)21-11-6-7-13(10-12-21)18(25)28-22-16(23)14-8-4-5-9-15(14)17(22)24/h4-5,8-9,13H,6-7,10-12H2,1-3H3. The molecule has 1 saturated heterocycles. The SMILES string of the molecule is CC(C)(C)OC(=O)N1CCCC(C(=O)ON2C(=O)c3ccccc3C2=O)CC1. The van der Waals surface area contributed by atoms with Crippen LogP contribution in [0.2, 0.25) is 0 Å². The van der Waals surface area contributed by atoms with Gasteiger partial charge < -0.3 is 14.5 Å². The highest BCUT2D eigenvalue weighted by atomic mass is 16.7. The summed E-state index contributed by atoms with van der Waals surface area (Å²) in [5, 5.41) is 0.531.